The first-order chi connectivity index (χ1) is 48.7. The summed E-state index contributed by atoms with van der Waals surface area (Å²) in [6.07, 6.45) is 3.55. The Bertz CT molecular complexity index is 2980. The van der Waals surface area contributed by atoms with Crippen molar-refractivity contribution in [1.29, 1.82) is 0 Å². The largest absolute Gasteiger partial charge is 0.393 e. The minimum Gasteiger partial charge on any atom is -0.378 e. The van der Waals surface area contributed by atoms with E-state index in [0.29, 0.717) is 44.4 Å². The summed E-state index contributed by atoms with van der Waals surface area (Å²) >= 11 is 6.43. The fraction of sp³-hybridized carbons (Fsp3) is 0.838. The van der Waals surface area contributed by atoms with E-state index in [2.05, 4.69) is 22.9 Å². The van der Waals surface area contributed by atoms with Crippen LogP contribution in [0.2, 0.25) is 0 Å². The van der Waals surface area contributed by atoms with Crippen molar-refractivity contribution in [3.8, 4) is 0 Å². The van der Waals surface area contributed by atoms with E-state index in [1.165, 1.54) is 79.3 Å². The Morgan fingerprint density at radius 1 is 0.631 bits per heavy atom. The number of fused-ring (bicyclic) bond motifs is 1. The van der Waals surface area contributed by atoms with Gasteiger partial charge < -0.3 is 64.8 Å². The molecule has 3 aliphatic heterocycles. The normalized spacial score (nSPS) is 30.7. The Hall–Kier alpha value is -6.32. The van der Waals surface area contributed by atoms with Crippen LogP contribution >= 0.6 is 11.6 Å². The highest BCUT2D eigenvalue weighted by atomic mass is 35.5. The molecular formula is C74H120ClF3N12O13. The van der Waals surface area contributed by atoms with Crippen molar-refractivity contribution in [2.45, 2.75) is 256 Å². The molecule has 4 saturated carbocycles. The molecule has 7 rings (SSSR count). The van der Waals surface area contributed by atoms with E-state index in [0.717, 1.165) is 38.5 Å². The van der Waals surface area contributed by atoms with Crippen molar-refractivity contribution in [2.75, 3.05) is 101 Å². The van der Waals surface area contributed by atoms with Gasteiger partial charge in [-0.2, -0.15) is 13.2 Å². The van der Waals surface area contributed by atoms with Gasteiger partial charge in [0.15, 0.2) is 0 Å². The zero-order valence-corrected chi connectivity index (χ0v) is 64.1. The van der Waals surface area contributed by atoms with Crippen LogP contribution in [0.4, 0.5) is 13.2 Å². The van der Waals surface area contributed by atoms with Crippen LogP contribution in [0.25, 0.3) is 0 Å². The van der Waals surface area contributed by atoms with E-state index in [-0.39, 0.29) is 128 Å². The first-order valence-electron chi connectivity index (χ1n) is 38.3. The quantitative estimate of drug-likeness (QED) is 0.180. The Labute approximate surface area is 613 Å². The molecule has 0 aromatic carbocycles. The second kappa shape index (κ2) is 37.8. The van der Waals surface area contributed by atoms with Gasteiger partial charge in [0.05, 0.1) is 45.2 Å². The van der Waals surface area contributed by atoms with Gasteiger partial charge in [-0.3, -0.25) is 57.5 Å². The van der Waals surface area contributed by atoms with Crippen molar-refractivity contribution >= 4 is 82.5 Å². The fourth-order valence-corrected chi connectivity index (χ4v) is 17.4. The van der Waals surface area contributed by atoms with Crippen LogP contribution in [0.5, 0.6) is 0 Å². The lowest BCUT2D eigenvalue weighted by Crippen LogP contribution is -2.65. The number of rotatable bonds is 13. The van der Waals surface area contributed by atoms with E-state index >= 15 is 33.6 Å². The number of nitrogens with zero attached hydrogens (tertiary/aromatic N) is 9. The maximum absolute atomic E-state index is 15.7. The number of amides is 12. The zero-order chi connectivity index (χ0) is 75.9. The van der Waals surface area contributed by atoms with Gasteiger partial charge in [-0.15, -0.1) is 11.6 Å². The molecule has 1 spiro atoms. The summed E-state index contributed by atoms with van der Waals surface area (Å²) in [5, 5.41) is 7.67. The van der Waals surface area contributed by atoms with Gasteiger partial charge in [0.1, 0.15) is 47.8 Å². The Morgan fingerprint density at radius 2 is 1.25 bits per heavy atom. The van der Waals surface area contributed by atoms with Crippen molar-refractivity contribution in [3.05, 3.63) is 0 Å². The molecule has 3 saturated heterocycles. The Morgan fingerprint density at radius 3 is 1.84 bits per heavy atom. The molecule has 3 unspecified atom stereocenters. The second-order valence-corrected chi connectivity index (χ2v) is 31.9. The van der Waals surface area contributed by atoms with E-state index in [4.69, 9.17) is 16.3 Å². The zero-order valence-electron chi connectivity index (χ0n) is 63.3. The highest BCUT2D eigenvalue weighted by molar-refractivity contribution is 6.21. The summed E-state index contributed by atoms with van der Waals surface area (Å²) in [4.78, 5) is 193. The molecule has 3 N–H and O–H groups in total. The topological polar surface area (TPSA) is 279 Å². The molecule has 7 aliphatic rings. The molecule has 0 aromatic heterocycles. The fourth-order valence-electron chi connectivity index (χ4n) is 16.9. The van der Waals surface area contributed by atoms with Gasteiger partial charge in [0, 0.05) is 73.3 Å². The van der Waals surface area contributed by atoms with Gasteiger partial charge in [-0.05, 0) is 133 Å². The van der Waals surface area contributed by atoms with Gasteiger partial charge in [-0.25, -0.2) is 0 Å². The third kappa shape index (κ3) is 21.3. The number of ether oxygens (including phenoxy) is 1. The molecule has 0 aromatic rings. The van der Waals surface area contributed by atoms with Crippen molar-refractivity contribution in [3.63, 3.8) is 0 Å². The lowest BCUT2D eigenvalue weighted by molar-refractivity contribution is -0.182. The second-order valence-electron chi connectivity index (χ2n) is 31.4. The monoisotopic (exact) mass is 1480 g/mol. The van der Waals surface area contributed by atoms with Gasteiger partial charge in [0.25, 0.3) is 0 Å². The maximum Gasteiger partial charge on any atom is 0.393 e. The number of halogens is 4. The molecule has 29 heteroatoms. The summed E-state index contributed by atoms with van der Waals surface area (Å²) in [6, 6.07) is -8.65. The van der Waals surface area contributed by atoms with Crippen LogP contribution in [-0.4, -0.2) is 275 Å². The number of carbonyl (C=O) groups excluding carboxylic acids is 12. The lowest BCUT2D eigenvalue weighted by Gasteiger charge is -2.42. The van der Waals surface area contributed by atoms with Gasteiger partial charge in [0.2, 0.25) is 70.9 Å². The number of nitrogens with one attached hydrogen (secondary N) is 3. The van der Waals surface area contributed by atoms with Crippen LogP contribution in [0.1, 0.15) is 196 Å². The molecule has 0 bridgehead atoms. The van der Waals surface area contributed by atoms with E-state index < -0.39 is 174 Å². The third-order valence-electron chi connectivity index (χ3n) is 23.8. The number of likely N-dealkylation sites (N-methyl/N-ethyl adjacent to an activating group) is 7. The standard InChI is InChI=1S/C74H120ClF3N12O13/c1-13-48(7)63-70(100)82(8)44-62(94)87(14-2)45-61(93)84(10)57(41-50-26-24-47(6)25-27-50)68(98)88(15-3)43-59(91)79-54(31-29-49-28-30-52(53(75)40-49)74(76,77)78)67(97)90-34-20-23-55(90)66(96)81-73(32-18-19-33-73)72(102)86(12)64(51-21-16-17-22-51)71(101)85(11)58(69(99)89-35-37-103-38-36-89)42-60(92)83(9)56(39-46(4)5)65(95)80-63/h46-58,63-64H,13-45H2,1-12H3,(H,79,91)(H,80,95)(H,81,96)/t47?,48-,49?,50?,52?,53?,54-,55-,56-,57-,58-,63-,64-/m0/s1. The van der Waals surface area contributed by atoms with Crippen LogP contribution < -0.4 is 16.0 Å². The molecule has 11 atom stereocenters. The molecule has 0 radical (unpaired) electrons. The average Bonchev–Trinajstić information content (AvgIpc) is 1.72. The first-order valence-corrected chi connectivity index (χ1v) is 38.8. The molecule has 3 heterocycles. The maximum atomic E-state index is 15.7. The lowest BCUT2D eigenvalue weighted by atomic mass is 9.78. The third-order valence-corrected chi connectivity index (χ3v) is 24.3. The van der Waals surface area contributed by atoms with Crippen LogP contribution in [-0.2, 0) is 62.3 Å². The van der Waals surface area contributed by atoms with Crippen LogP contribution in [0.15, 0.2) is 0 Å². The Balaban J connectivity index is 1.29. The highest BCUT2D eigenvalue weighted by Crippen LogP contribution is 2.44. The smallest absolute Gasteiger partial charge is 0.378 e. The summed E-state index contributed by atoms with van der Waals surface area (Å²) < 4.78 is 47.8. The van der Waals surface area contributed by atoms with E-state index in [9.17, 15) is 37.1 Å². The van der Waals surface area contributed by atoms with E-state index in [1.807, 2.05) is 20.8 Å². The highest BCUT2D eigenvalue weighted by Gasteiger charge is 2.52. The Kier molecular flexibility index (Phi) is 30.8. The minimum absolute atomic E-state index is 0.00101. The molecule has 582 valence electrons. The molecule has 103 heavy (non-hydrogen) atoms. The predicted octanol–water partition coefficient (Wildman–Crippen LogP) is 5.97. The molecule has 4 aliphatic carbocycles. The van der Waals surface area contributed by atoms with Gasteiger partial charge in [-0.1, -0.05) is 92.4 Å². The van der Waals surface area contributed by atoms with Crippen LogP contribution in [0.3, 0.4) is 0 Å². The van der Waals surface area contributed by atoms with Crippen molar-refractivity contribution < 1.29 is 75.4 Å². The average molecular weight is 1480 g/mol. The SMILES string of the molecule is CC[C@H](C)[C@@H]1NC(=O)[C@H](CC(C)C)N(C)C(=O)C[C@@H](C(=O)N2CCOCC2)N(C)C(=O)[C@H](C2CCCC2)N(C)C(=O)C2(CCCC2)NC(=O)[C@@H]2CCCN2C(=O)[C@H](CCC2CCC(C(F)(F)F)C(Cl)C2)NC(=O)CN(CC)C(=O)[C@H](CC2CCC(C)CC2)N(C)C(=O)CN(CC)C(=O)CN(C)C1=O. The number of morpholine rings is 1. The van der Waals surface area contributed by atoms with E-state index in [1.54, 1.807) is 20.8 Å². The molecular weight excluding hydrogens is 1360 g/mol. The van der Waals surface area contributed by atoms with Crippen molar-refractivity contribution in [1.82, 2.24) is 60.0 Å². The summed E-state index contributed by atoms with van der Waals surface area (Å²) in [6.45, 7) is 12.1. The number of hydrogen-bond acceptors (Lipinski definition) is 13. The summed E-state index contributed by atoms with van der Waals surface area (Å²) in [5.41, 5.74) is -1.56. The summed E-state index contributed by atoms with van der Waals surface area (Å²) in [7, 11) is 7.28. The van der Waals surface area contributed by atoms with Crippen LogP contribution in [0, 0.1) is 41.4 Å². The number of hydrogen-bond donors (Lipinski definition) is 3. The number of carbonyl (C=O) groups is 12. The molecule has 7 fully saturated rings. The van der Waals surface area contributed by atoms with Gasteiger partial charge >= 0.3 is 6.18 Å². The first kappa shape index (κ1) is 83.9. The predicted molar refractivity (Wildman–Crippen MR) is 381 cm³/mol. The molecule has 12 amide bonds. The number of alkyl halides is 4. The van der Waals surface area contributed by atoms with Crippen molar-refractivity contribution in [2.24, 2.45) is 41.4 Å². The summed E-state index contributed by atoms with van der Waals surface area (Å²) in [5.74, 6) is -10.2. The molecule has 25 nitrogen and oxygen atoms in total. The minimum atomic E-state index is -4.51.